The molecule has 0 fully saturated rings. The average molecular weight is 399 g/mol. The summed E-state index contributed by atoms with van der Waals surface area (Å²) in [4.78, 5) is 1.94. The highest BCUT2D eigenvalue weighted by Gasteiger charge is 2.31. The van der Waals surface area contributed by atoms with E-state index in [-0.39, 0.29) is 5.41 Å². The van der Waals surface area contributed by atoms with Crippen molar-refractivity contribution in [2.45, 2.75) is 22.1 Å². The first-order valence-electron chi connectivity index (χ1n) is 9.32. The Morgan fingerprint density at radius 2 is 0.821 bits per heavy atom. The van der Waals surface area contributed by atoms with E-state index in [9.17, 15) is 0 Å². The molecule has 0 amide bonds. The van der Waals surface area contributed by atoms with Crippen LogP contribution in [-0.4, -0.2) is 0 Å². The quantitative estimate of drug-likeness (QED) is 0.262. The zero-order valence-corrected chi connectivity index (χ0v) is 17.5. The fraction of sp³-hybridized carbons (Fsp3) is 0.0769. The van der Waals surface area contributed by atoms with Crippen molar-refractivity contribution < 1.29 is 0 Å². The molecule has 0 aromatic heterocycles. The third-order valence-corrected chi connectivity index (χ3v) is 6.05. The van der Waals surface area contributed by atoms with E-state index >= 15 is 0 Å². The fourth-order valence-corrected chi connectivity index (χ4v) is 4.01. The molecule has 0 radical (unpaired) electrons. The highest BCUT2D eigenvalue weighted by atomic mass is 32.1. The lowest BCUT2D eigenvalue weighted by atomic mass is 9.71. The van der Waals surface area contributed by atoms with Crippen molar-refractivity contribution in [3.8, 4) is 11.1 Å². The van der Waals surface area contributed by atoms with Crippen LogP contribution in [0.2, 0.25) is 0 Å². The van der Waals surface area contributed by atoms with Crippen LogP contribution < -0.4 is 0 Å². The minimum atomic E-state index is -0.266. The second kappa shape index (κ2) is 7.90. The lowest BCUT2D eigenvalue weighted by Crippen LogP contribution is -2.25. The molecule has 0 aliphatic carbocycles. The summed E-state index contributed by atoms with van der Waals surface area (Å²) in [6.45, 7) is 2.28. The molecule has 0 bridgehead atoms. The Hall–Kier alpha value is -2.42. The summed E-state index contributed by atoms with van der Waals surface area (Å²) in [5.41, 5.74) is 5.93. The van der Waals surface area contributed by atoms with E-state index in [1.807, 2.05) is 6.07 Å². The topological polar surface area (TPSA) is 0 Å². The number of hydrogen-bond donors (Lipinski definition) is 2. The van der Waals surface area contributed by atoms with Gasteiger partial charge in [-0.25, -0.2) is 0 Å². The van der Waals surface area contributed by atoms with Crippen LogP contribution in [0.4, 0.5) is 0 Å². The Labute approximate surface area is 178 Å². The average Bonchev–Trinajstić information content (AvgIpc) is 2.75. The largest absolute Gasteiger partial charge is 0.143 e. The first-order valence-corrected chi connectivity index (χ1v) is 10.2. The fourth-order valence-electron chi connectivity index (χ4n) is 3.72. The summed E-state index contributed by atoms with van der Waals surface area (Å²) in [6.07, 6.45) is 0. The SMILES string of the molecule is CC(c1ccc(S)cc1)(c1ccc(S)cc1)c1ccc(-c2ccccc2)cc1. The molecule has 0 aliphatic rings. The molecule has 4 aromatic carbocycles. The number of thiol groups is 2. The molecular formula is C26H22S2. The lowest BCUT2D eigenvalue weighted by molar-refractivity contribution is 0.691. The van der Waals surface area contributed by atoms with Gasteiger partial charge in [0.1, 0.15) is 0 Å². The Bertz CT molecular complexity index is 1000. The maximum atomic E-state index is 4.46. The smallest absolute Gasteiger partial charge is 0.0423 e. The molecule has 0 unspecified atom stereocenters. The standard InChI is InChI=1S/C26H22S2/c1-26(22-11-15-24(27)16-12-22,23-13-17-25(28)18-14-23)21-9-7-20(8-10-21)19-5-3-2-4-6-19/h2-18,27-28H,1H3. The van der Waals surface area contributed by atoms with Gasteiger partial charge in [0.05, 0.1) is 0 Å². The van der Waals surface area contributed by atoms with Crippen molar-refractivity contribution in [2.75, 3.05) is 0 Å². The second-order valence-electron chi connectivity index (χ2n) is 7.16. The first kappa shape index (κ1) is 18.9. The van der Waals surface area contributed by atoms with Crippen LogP contribution in [0.25, 0.3) is 11.1 Å². The normalized spacial score (nSPS) is 11.4. The summed E-state index contributed by atoms with van der Waals surface area (Å²) in [5, 5.41) is 0. The monoisotopic (exact) mass is 398 g/mol. The van der Waals surface area contributed by atoms with Gasteiger partial charge in [0.2, 0.25) is 0 Å². The summed E-state index contributed by atoms with van der Waals surface area (Å²) in [7, 11) is 0. The minimum absolute atomic E-state index is 0.266. The van der Waals surface area contributed by atoms with E-state index in [2.05, 4.69) is 129 Å². The highest BCUT2D eigenvalue weighted by molar-refractivity contribution is 7.80. The van der Waals surface area contributed by atoms with Crippen LogP contribution in [0.3, 0.4) is 0 Å². The summed E-state index contributed by atoms with van der Waals surface area (Å²) >= 11 is 8.92. The zero-order valence-electron chi connectivity index (χ0n) is 15.7. The van der Waals surface area contributed by atoms with Crippen molar-refractivity contribution in [2.24, 2.45) is 0 Å². The van der Waals surface area contributed by atoms with Crippen molar-refractivity contribution in [3.63, 3.8) is 0 Å². The maximum absolute atomic E-state index is 4.46. The zero-order chi connectivity index (χ0) is 19.6. The molecule has 28 heavy (non-hydrogen) atoms. The van der Waals surface area contributed by atoms with Crippen molar-refractivity contribution >= 4 is 25.3 Å². The van der Waals surface area contributed by atoms with Crippen LogP contribution >= 0.6 is 25.3 Å². The van der Waals surface area contributed by atoms with Crippen LogP contribution in [-0.2, 0) is 5.41 Å². The molecule has 0 spiro atoms. The number of rotatable bonds is 4. The van der Waals surface area contributed by atoms with Crippen LogP contribution in [0.5, 0.6) is 0 Å². The third-order valence-electron chi connectivity index (χ3n) is 5.46. The molecular weight excluding hydrogens is 376 g/mol. The molecule has 0 N–H and O–H groups in total. The number of hydrogen-bond acceptors (Lipinski definition) is 2. The third kappa shape index (κ3) is 3.63. The van der Waals surface area contributed by atoms with E-state index in [1.165, 1.54) is 27.8 Å². The van der Waals surface area contributed by atoms with Gasteiger partial charge in [-0.3, -0.25) is 0 Å². The van der Waals surface area contributed by atoms with Gasteiger partial charge in [-0.2, -0.15) is 0 Å². The Morgan fingerprint density at radius 3 is 1.25 bits per heavy atom. The van der Waals surface area contributed by atoms with E-state index in [4.69, 9.17) is 0 Å². The summed E-state index contributed by atoms with van der Waals surface area (Å²) < 4.78 is 0. The Morgan fingerprint density at radius 1 is 0.464 bits per heavy atom. The molecule has 0 saturated heterocycles. The molecule has 4 aromatic rings. The van der Waals surface area contributed by atoms with Gasteiger partial charge >= 0.3 is 0 Å². The molecule has 0 heterocycles. The molecule has 138 valence electrons. The molecule has 0 saturated carbocycles. The lowest BCUT2D eigenvalue weighted by Gasteiger charge is -2.32. The van der Waals surface area contributed by atoms with Crippen LogP contribution in [0.1, 0.15) is 23.6 Å². The van der Waals surface area contributed by atoms with Gasteiger partial charge in [-0.05, 0) is 59.0 Å². The second-order valence-corrected chi connectivity index (χ2v) is 8.19. The highest BCUT2D eigenvalue weighted by Crippen LogP contribution is 2.40. The van der Waals surface area contributed by atoms with Gasteiger partial charge in [-0.15, -0.1) is 25.3 Å². The van der Waals surface area contributed by atoms with Gasteiger partial charge in [-0.1, -0.05) is 78.9 Å². The first-order chi connectivity index (χ1) is 13.6. The molecule has 4 rings (SSSR count). The Kier molecular flexibility index (Phi) is 5.34. The Balaban J connectivity index is 1.83. The number of benzene rings is 4. The molecule has 0 atom stereocenters. The van der Waals surface area contributed by atoms with Crippen LogP contribution in [0, 0.1) is 0 Å². The van der Waals surface area contributed by atoms with Crippen molar-refractivity contribution in [1.29, 1.82) is 0 Å². The van der Waals surface area contributed by atoms with E-state index < -0.39 is 0 Å². The van der Waals surface area contributed by atoms with Gasteiger partial charge in [0, 0.05) is 15.2 Å². The van der Waals surface area contributed by atoms with Gasteiger partial charge in [0.25, 0.3) is 0 Å². The maximum Gasteiger partial charge on any atom is 0.0423 e. The molecule has 0 nitrogen and oxygen atoms in total. The predicted octanol–water partition coefficient (Wildman–Crippen LogP) is 7.29. The van der Waals surface area contributed by atoms with Crippen molar-refractivity contribution in [3.05, 3.63) is 120 Å². The minimum Gasteiger partial charge on any atom is -0.143 e. The molecule has 2 heteroatoms. The van der Waals surface area contributed by atoms with Gasteiger partial charge in [0.15, 0.2) is 0 Å². The predicted molar refractivity (Wildman–Crippen MR) is 125 cm³/mol. The van der Waals surface area contributed by atoms with E-state index in [0.717, 1.165) is 9.79 Å². The van der Waals surface area contributed by atoms with E-state index in [0.29, 0.717) is 0 Å². The summed E-state index contributed by atoms with van der Waals surface area (Å²) in [6, 6.07) is 36.3. The van der Waals surface area contributed by atoms with Gasteiger partial charge < -0.3 is 0 Å². The molecule has 0 aliphatic heterocycles. The van der Waals surface area contributed by atoms with E-state index in [1.54, 1.807) is 0 Å². The van der Waals surface area contributed by atoms with Crippen LogP contribution in [0.15, 0.2) is 113 Å². The summed E-state index contributed by atoms with van der Waals surface area (Å²) in [5.74, 6) is 0. The van der Waals surface area contributed by atoms with Crippen molar-refractivity contribution in [1.82, 2.24) is 0 Å².